The number of aromatic nitrogens is 5. The van der Waals surface area contributed by atoms with E-state index in [0.717, 1.165) is 35.5 Å². The Balaban J connectivity index is 1.54. The van der Waals surface area contributed by atoms with Crippen LogP contribution >= 0.6 is 0 Å². The van der Waals surface area contributed by atoms with Gasteiger partial charge in [0.05, 0.1) is 17.9 Å². The summed E-state index contributed by atoms with van der Waals surface area (Å²) in [7, 11) is 0. The number of hydrogen-bond acceptors (Lipinski definition) is 5. The van der Waals surface area contributed by atoms with E-state index in [0.29, 0.717) is 30.2 Å². The number of ether oxygens (including phenoxy) is 1. The maximum absolute atomic E-state index is 14.5. The lowest BCUT2D eigenvalue weighted by molar-refractivity contribution is 0.356. The molecule has 0 spiro atoms. The molecule has 8 nitrogen and oxygen atoms in total. The number of fused-ring (bicyclic) bond motifs is 2. The molecule has 1 N–H and O–H groups in total. The lowest BCUT2D eigenvalue weighted by atomic mass is 10.0. The Hall–Kier alpha value is -3.93. The molecule has 0 saturated heterocycles. The van der Waals surface area contributed by atoms with Crippen molar-refractivity contribution >= 4 is 17.4 Å². The highest BCUT2D eigenvalue weighted by Crippen LogP contribution is 2.31. The second kappa shape index (κ2) is 7.72. The van der Waals surface area contributed by atoms with E-state index < -0.39 is 0 Å². The van der Waals surface area contributed by atoms with Crippen LogP contribution in [-0.2, 0) is 19.5 Å². The fourth-order valence-corrected chi connectivity index (χ4v) is 3.96. The third-order valence-corrected chi connectivity index (χ3v) is 5.38. The highest BCUT2D eigenvalue weighted by atomic mass is 19.1. The van der Waals surface area contributed by atoms with Gasteiger partial charge in [-0.1, -0.05) is 18.5 Å². The SMILES string of the molecule is [C-]#[N+]c1cn2c(NCc3c(F)ccc4c3CCO4)ncc(-c3ccnn3CCC)c2n1. The Morgan fingerprint density at radius 1 is 1.32 bits per heavy atom. The lowest BCUT2D eigenvalue weighted by Crippen LogP contribution is -2.10. The Labute approximate surface area is 178 Å². The summed E-state index contributed by atoms with van der Waals surface area (Å²) in [5, 5.41) is 7.59. The molecule has 1 aromatic carbocycles. The normalized spacial score (nSPS) is 12.5. The van der Waals surface area contributed by atoms with Crippen LogP contribution in [0.25, 0.3) is 21.7 Å². The van der Waals surface area contributed by atoms with Gasteiger partial charge in [-0.15, -0.1) is 0 Å². The van der Waals surface area contributed by atoms with Crippen molar-refractivity contribution in [3.05, 3.63) is 65.2 Å². The monoisotopic (exact) mass is 417 g/mol. The van der Waals surface area contributed by atoms with Crippen molar-refractivity contribution in [2.24, 2.45) is 0 Å². The van der Waals surface area contributed by atoms with E-state index >= 15 is 0 Å². The third-order valence-electron chi connectivity index (χ3n) is 5.38. The molecule has 4 heterocycles. The molecule has 0 fully saturated rings. The van der Waals surface area contributed by atoms with Gasteiger partial charge in [-0.3, -0.25) is 9.08 Å². The standard InChI is InChI=1S/C22H20FN7O/c1-3-9-30-18(6-8-27-30)16-12-26-22(29-13-20(24-2)28-21(16)29)25-11-15-14-7-10-31-19(14)5-4-17(15)23/h4-6,8,12-13H,3,7,9-11H2,1H3,(H,25,26). The van der Waals surface area contributed by atoms with Crippen LogP contribution in [0.1, 0.15) is 24.5 Å². The summed E-state index contributed by atoms with van der Waals surface area (Å²) in [6, 6.07) is 5.01. The van der Waals surface area contributed by atoms with Crippen LogP contribution in [0, 0.1) is 12.4 Å². The second-order valence-corrected chi connectivity index (χ2v) is 7.29. The number of imidazole rings is 1. The van der Waals surface area contributed by atoms with Crippen molar-refractivity contribution < 1.29 is 9.13 Å². The maximum atomic E-state index is 14.5. The average Bonchev–Trinajstić information content (AvgIpc) is 3.52. The summed E-state index contributed by atoms with van der Waals surface area (Å²) in [6.45, 7) is 11.0. The fourth-order valence-electron chi connectivity index (χ4n) is 3.96. The molecule has 9 heteroatoms. The number of halogens is 1. The second-order valence-electron chi connectivity index (χ2n) is 7.29. The topological polar surface area (TPSA) is 73.6 Å². The summed E-state index contributed by atoms with van der Waals surface area (Å²) >= 11 is 0. The molecule has 0 unspecified atom stereocenters. The predicted octanol–water partition coefficient (Wildman–Crippen LogP) is 4.24. The first-order valence-corrected chi connectivity index (χ1v) is 10.1. The van der Waals surface area contributed by atoms with Gasteiger partial charge < -0.3 is 14.9 Å². The van der Waals surface area contributed by atoms with Crippen molar-refractivity contribution in [2.75, 3.05) is 11.9 Å². The van der Waals surface area contributed by atoms with Crippen LogP contribution < -0.4 is 10.1 Å². The molecule has 0 radical (unpaired) electrons. The molecule has 4 aromatic rings. The van der Waals surface area contributed by atoms with Crippen LogP contribution in [0.4, 0.5) is 16.2 Å². The van der Waals surface area contributed by atoms with E-state index in [9.17, 15) is 4.39 Å². The van der Waals surface area contributed by atoms with Crippen molar-refractivity contribution in [2.45, 2.75) is 32.9 Å². The summed E-state index contributed by atoms with van der Waals surface area (Å²) in [5.74, 6) is 1.20. The molecule has 156 valence electrons. The van der Waals surface area contributed by atoms with Crippen LogP contribution in [0.15, 0.2) is 36.8 Å². The molecule has 31 heavy (non-hydrogen) atoms. The van der Waals surface area contributed by atoms with Gasteiger partial charge in [-0.2, -0.15) is 5.10 Å². The van der Waals surface area contributed by atoms with E-state index in [1.807, 2.05) is 10.7 Å². The van der Waals surface area contributed by atoms with E-state index in [2.05, 4.69) is 32.2 Å². The first kappa shape index (κ1) is 19.1. The molecule has 0 bridgehead atoms. The summed E-state index contributed by atoms with van der Waals surface area (Å²) < 4.78 is 23.7. The van der Waals surface area contributed by atoms with Crippen LogP contribution in [-0.4, -0.2) is 30.8 Å². The van der Waals surface area contributed by atoms with Gasteiger partial charge in [0, 0.05) is 49.2 Å². The van der Waals surface area contributed by atoms with Gasteiger partial charge in [-0.25, -0.2) is 9.37 Å². The van der Waals surface area contributed by atoms with Crippen LogP contribution in [0.2, 0.25) is 0 Å². The van der Waals surface area contributed by atoms with Crippen molar-refractivity contribution in [1.29, 1.82) is 0 Å². The molecular weight excluding hydrogens is 397 g/mol. The Bertz CT molecular complexity index is 1320. The van der Waals surface area contributed by atoms with Crippen LogP contribution in [0.3, 0.4) is 0 Å². The lowest BCUT2D eigenvalue weighted by Gasteiger charge is -2.12. The van der Waals surface area contributed by atoms with Gasteiger partial charge in [-0.05, 0) is 24.6 Å². The third kappa shape index (κ3) is 3.26. The minimum absolute atomic E-state index is 0.249. The molecule has 1 aliphatic heterocycles. The van der Waals surface area contributed by atoms with Gasteiger partial charge in [0.1, 0.15) is 11.6 Å². The molecule has 0 amide bonds. The smallest absolute Gasteiger partial charge is 0.288 e. The van der Waals surface area contributed by atoms with E-state index in [4.69, 9.17) is 11.3 Å². The highest BCUT2D eigenvalue weighted by molar-refractivity contribution is 5.77. The summed E-state index contributed by atoms with van der Waals surface area (Å²) in [4.78, 5) is 12.5. The number of rotatable bonds is 6. The van der Waals surface area contributed by atoms with Crippen molar-refractivity contribution in [3.63, 3.8) is 0 Å². The molecule has 3 aromatic heterocycles. The fraction of sp³-hybridized carbons (Fsp3) is 0.273. The van der Waals surface area contributed by atoms with Crippen molar-refractivity contribution in [1.82, 2.24) is 24.1 Å². The zero-order valence-electron chi connectivity index (χ0n) is 17.0. The van der Waals surface area contributed by atoms with E-state index in [1.54, 1.807) is 29.1 Å². The van der Waals surface area contributed by atoms with Gasteiger partial charge >= 0.3 is 0 Å². The molecule has 0 atom stereocenters. The Kier molecular flexibility index (Phi) is 4.75. The zero-order valence-corrected chi connectivity index (χ0v) is 17.0. The number of benzene rings is 1. The first-order valence-electron chi connectivity index (χ1n) is 10.1. The Morgan fingerprint density at radius 2 is 2.23 bits per heavy atom. The molecule has 5 rings (SSSR count). The highest BCUT2D eigenvalue weighted by Gasteiger charge is 2.21. The van der Waals surface area contributed by atoms with Gasteiger partial charge in [0.25, 0.3) is 5.82 Å². The number of nitrogens with zero attached hydrogens (tertiary/aromatic N) is 6. The predicted molar refractivity (Wildman–Crippen MR) is 114 cm³/mol. The van der Waals surface area contributed by atoms with Crippen molar-refractivity contribution in [3.8, 4) is 17.0 Å². The molecule has 0 saturated carbocycles. The van der Waals surface area contributed by atoms with E-state index in [-0.39, 0.29) is 18.2 Å². The largest absolute Gasteiger partial charge is 0.493 e. The first-order chi connectivity index (χ1) is 15.2. The minimum atomic E-state index is -0.277. The number of anilines is 1. The van der Waals surface area contributed by atoms with E-state index in [1.165, 1.54) is 6.07 Å². The summed E-state index contributed by atoms with van der Waals surface area (Å²) in [5.41, 5.74) is 3.73. The summed E-state index contributed by atoms with van der Waals surface area (Å²) in [6.07, 6.45) is 6.72. The number of nitrogens with one attached hydrogen (secondary N) is 1. The molecule has 1 aliphatic rings. The molecule has 0 aliphatic carbocycles. The Morgan fingerprint density at radius 3 is 3.06 bits per heavy atom. The van der Waals surface area contributed by atoms with Gasteiger partial charge in [0.2, 0.25) is 11.6 Å². The maximum Gasteiger partial charge on any atom is 0.288 e. The molecular formula is C22H20FN7O. The minimum Gasteiger partial charge on any atom is -0.493 e. The number of aryl methyl sites for hydroxylation is 1. The van der Waals surface area contributed by atoms with Crippen LogP contribution in [0.5, 0.6) is 5.75 Å². The number of hydrogen-bond donors (Lipinski definition) is 1. The zero-order chi connectivity index (χ0) is 21.4. The quantitative estimate of drug-likeness (QED) is 0.475. The average molecular weight is 417 g/mol. The van der Waals surface area contributed by atoms with Gasteiger partial charge in [0.15, 0.2) is 0 Å².